The van der Waals surface area contributed by atoms with Crippen molar-refractivity contribution in [1.82, 2.24) is 4.98 Å². The van der Waals surface area contributed by atoms with E-state index in [0.717, 1.165) is 17.1 Å². The van der Waals surface area contributed by atoms with Crippen molar-refractivity contribution in [2.24, 2.45) is 5.41 Å². The summed E-state index contributed by atoms with van der Waals surface area (Å²) < 4.78 is 10.3. The summed E-state index contributed by atoms with van der Waals surface area (Å²) in [7, 11) is 3.24. The van der Waals surface area contributed by atoms with E-state index in [-0.39, 0.29) is 11.7 Å². The first kappa shape index (κ1) is 12.6. The molecule has 4 heteroatoms. The molecule has 0 unspecified atom stereocenters. The van der Waals surface area contributed by atoms with Crippen LogP contribution in [0.15, 0.2) is 5.38 Å². The fourth-order valence-electron chi connectivity index (χ4n) is 1.31. The lowest BCUT2D eigenvalue weighted by molar-refractivity contribution is -0.108. The zero-order valence-electron chi connectivity index (χ0n) is 10.0. The molecule has 0 bridgehead atoms. The Morgan fingerprint density at radius 3 is 2.40 bits per heavy atom. The molecular formula is C11H19NO2S. The Morgan fingerprint density at radius 1 is 1.33 bits per heavy atom. The molecule has 86 valence electrons. The average molecular weight is 229 g/mol. The SMILES string of the molecule is COC(OC)c1csc(CC(C)(C)C)n1. The first-order valence-electron chi connectivity index (χ1n) is 4.96. The van der Waals surface area contributed by atoms with E-state index in [0.29, 0.717) is 0 Å². The fraction of sp³-hybridized carbons (Fsp3) is 0.727. The van der Waals surface area contributed by atoms with Crippen molar-refractivity contribution >= 4 is 11.3 Å². The second kappa shape index (κ2) is 5.05. The predicted molar refractivity (Wildman–Crippen MR) is 62.0 cm³/mol. The monoisotopic (exact) mass is 229 g/mol. The van der Waals surface area contributed by atoms with E-state index < -0.39 is 0 Å². The van der Waals surface area contributed by atoms with E-state index in [1.54, 1.807) is 25.6 Å². The van der Waals surface area contributed by atoms with Crippen LogP contribution in [0, 0.1) is 5.41 Å². The van der Waals surface area contributed by atoms with Crippen molar-refractivity contribution in [3.63, 3.8) is 0 Å². The molecule has 0 aliphatic carbocycles. The van der Waals surface area contributed by atoms with Gasteiger partial charge in [-0.3, -0.25) is 0 Å². The number of ether oxygens (including phenoxy) is 2. The van der Waals surface area contributed by atoms with E-state index in [1.807, 2.05) is 5.38 Å². The predicted octanol–water partition coefficient (Wildman–Crippen LogP) is 3.02. The van der Waals surface area contributed by atoms with Crippen molar-refractivity contribution in [1.29, 1.82) is 0 Å². The molecule has 1 heterocycles. The summed E-state index contributed by atoms with van der Waals surface area (Å²) in [6.07, 6.45) is 0.646. The maximum Gasteiger partial charge on any atom is 0.201 e. The molecule has 0 radical (unpaired) electrons. The quantitative estimate of drug-likeness (QED) is 0.744. The van der Waals surface area contributed by atoms with Gasteiger partial charge in [0.1, 0.15) is 5.69 Å². The number of rotatable bonds is 4. The standard InChI is InChI=1S/C11H19NO2S/c1-11(2,3)6-9-12-8(7-15-9)10(13-4)14-5/h7,10H,6H2,1-5H3. The van der Waals surface area contributed by atoms with E-state index in [9.17, 15) is 0 Å². The number of hydrogen-bond acceptors (Lipinski definition) is 4. The van der Waals surface area contributed by atoms with Gasteiger partial charge in [-0.15, -0.1) is 11.3 Å². The zero-order valence-corrected chi connectivity index (χ0v) is 10.9. The van der Waals surface area contributed by atoms with Crippen LogP contribution < -0.4 is 0 Å². The molecule has 1 rings (SSSR count). The maximum absolute atomic E-state index is 5.15. The van der Waals surface area contributed by atoms with Gasteiger partial charge in [-0.1, -0.05) is 20.8 Å². The van der Waals surface area contributed by atoms with Gasteiger partial charge >= 0.3 is 0 Å². The highest BCUT2D eigenvalue weighted by molar-refractivity contribution is 7.09. The lowest BCUT2D eigenvalue weighted by Crippen LogP contribution is -2.09. The van der Waals surface area contributed by atoms with Gasteiger partial charge < -0.3 is 9.47 Å². The van der Waals surface area contributed by atoms with Crippen LogP contribution >= 0.6 is 11.3 Å². The van der Waals surface area contributed by atoms with Crippen molar-refractivity contribution in [3.05, 3.63) is 16.1 Å². The van der Waals surface area contributed by atoms with E-state index in [4.69, 9.17) is 9.47 Å². The summed E-state index contributed by atoms with van der Waals surface area (Å²) in [5.41, 5.74) is 1.13. The van der Waals surface area contributed by atoms with Gasteiger partial charge in [0.25, 0.3) is 0 Å². The summed E-state index contributed by atoms with van der Waals surface area (Å²) in [6.45, 7) is 6.62. The molecule has 15 heavy (non-hydrogen) atoms. The summed E-state index contributed by atoms with van der Waals surface area (Å²) in [5.74, 6) is 0. The molecule has 0 aliphatic heterocycles. The molecule has 0 fully saturated rings. The second-order valence-corrected chi connectivity index (χ2v) is 5.65. The van der Waals surface area contributed by atoms with Gasteiger partial charge in [-0.2, -0.15) is 0 Å². The molecule has 1 aromatic rings. The van der Waals surface area contributed by atoms with Gasteiger partial charge in [0.05, 0.1) is 5.01 Å². The third kappa shape index (κ3) is 3.89. The normalized spacial score (nSPS) is 12.4. The molecule has 0 aliphatic rings. The molecule has 0 saturated heterocycles. The highest BCUT2D eigenvalue weighted by atomic mass is 32.1. The topological polar surface area (TPSA) is 31.4 Å². The van der Waals surface area contributed by atoms with E-state index in [2.05, 4.69) is 25.8 Å². The van der Waals surface area contributed by atoms with Crippen LogP contribution in [0.25, 0.3) is 0 Å². The number of thiazole rings is 1. The minimum atomic E-state index is -0.338. The van der Waals surface area contributed by atoms with Crippen LogP contribution in [-0.2, 0) is 15.9 Å². The third-order valence-corrected chi connectivity index (χ3v) is 2.79. The van der Waals surface area contributed by atoms with Crippen molar-refractivity contribution in [2.75, 3.05) is 14.2 Å². The molecule has 1 aromatic heterocycles. The van der Waals surface area contributed by atoms with Crippen LogP contribution in [0.2, 0.25) is 0 Å². The molecule has 0 saturated carbocycles. The summed E-state index contributed by atoms with van der Waals surface area (Å²) in [6, 6.07) is 0. The minimum Gasteiger partial charge on any atom is -0.350 e. The van der Waals surface area contributed by atoms with Crippen LogP contribution in [0.5, 0.6) is 0 Å². The molecule has 0 N–H and O–H groups in total. The Bertz CT molecular complexity index is 300. The highest BCUT2D eigenvalue weighted by Crippen LogP contribution is 2.25. The molecule has 0 atom stereocenters. The molecular weight excluding hydrogens is 210 g/mol. The van der Waals surface area contributed by atoms with Crippen LogP contribution in [0.4, 0.5) is 0 Å². The summed E-state index contributed by atoms with van der Waals surface area (Å²) in [5, 5.41) is 3.13. The number of methoxy groups -OCH3 is 2. The number of aromatic nitrogens is 1. The highest BCUT2D eigenvalue weighted by Gasteiger charge is 2.17. The Kier molecular flexibility index (Phi) is 4.25. The van der Waals surface area contributed by atoms with Crippen molar-refractivity contribution in [3.8, 4) is 0 Å². The maximum atomic E-state index is 5.15. The van der Waals surface area contributed by atoms with Crippen molar-refractivity contribution < 1.29 is 9.47 Å². The van der Waals surface area contributed by atoms with Gasteiger partial charge in [-0.05, 0) is 5.41 Å². The third-order valence-electron chi connectivity index (χ3n) is 1.92. The molecule has 0 amide bonds. The van der Waals surface area contributed by atoms with Crippen LogP contribution in [-0.4, -0.2) is 19.2 Å². The van der Waals surface area contributed by atoms with E-state index >= 15 is 0 Å². The Morgan fingerprint density at radius 2 is 1.93 bits per heavy atom. The van der Waals surface area contributed by atoms with Crippen molar-refractivity contribution in [2.45, 2.75) is 33.5 Å². The fourth-order valence-corrected chi connectivity index (χ4v) is 2.40. The Labute approximate surface area is 95.4 Å². The average Bonchev–Trinajstić information content (AvgIpc) is 2.52. The first-order valence-corrected chi connectivity index (χ1v) is 5.84. The van der Waals surface area contributed by atoms with Gasteiger partial charge in [0.15, 0.2) is 0 Å². The zero-order chi connectivity index (χ0) is 11.5. The Hall–Kier alpha value is -0.450. The van der Waals surface area contributed by atoms with E-state index in [1.165, 1.54) is 0 Å². The Balaban J connectivity index is 2.71. The van der Waals surface area contributed by atoms with Gasteiger partial charge in [0, 0.05) is 26.0 Å². The lowest BCUT2D eigenvalue weighted by atomic mass is 9.93. The molecule has 0 aromatic carbocycles. The number of hydrogen-bond donors (Lipinski definition) is 0. The van der Waals surface area contributed by atoms with Gasteiger partial charge in [-0.25, -0.2) is 4.98 Å². The molecule has 0 spiro atoms. The summed E-state index contributed by atoms with van der Waals surface area (Å²) in [4.78, 5) is 4.51. The first-order chi connectivity index (χ1) is 6.96. The smallest absolute Gasteiger partial charge is 0.201 e. The molecule has 3 nitrogen and oxygen atoms in total. The lowest BCUT2D eigenvalue weighted by Gasteiger charge is -2.15. The van der Waals surface area contributed by atoms with Crippen LogP contribution in [0.3, 0.4) is 0 Å². The minimum absolute atomic E-state index is 0.269. The van der Waals surface area contributed by atoms with Crippen LogP contribution in [0.1, 0.15) is 37.8 Å². The summed E-state index contributed by atoms with van der Waals surface area (Å²) >= 11 is 1.66. The number of nitrogens with zero attached hydrogens (tertiary/aromatic N) is 1. The largest absolute Gasteiger partial charge is 0.350 e. The second-order valence-electron chi connectivity index (χ2n) is 4.71. The van der Waals surface area contributed by atoms with Gasteiger partial charge in [0.2, 0.25) is 6.29 Å².